The van der Waals surface area contributed by atoms with Crippen molar-refractivity contribution in [3.8, 4) is 0 Å². The first-order chi connectivity index (χ1) is 16.1. The minimum absolute atomic E-state index is 0.257. The van der Waals surface area contributed by atoms with Gasteiger partial charge in [-0.15, -0.1) is 0 Å². The normalized spacial score (nSPS) is 21.5. The van der Waals surface area contributed by atoms with E-state index in [0.717, 1.165) is 51.9 Å². The maximum atomic E-state index is 14.9. The van der Waals surface area contributed by atoms with Crippen LogP contribution in [-0.4, -0.2) is 37.5 Å². The quantitative estimate of drug-likeness (QED) is 0.611. The molecule has 33 heavy (non-hydrogen) atoms. The number of imide groups is 1. The average molecular weight is 451 g/mol. The van der Waals surface area contributed by atoms with E-state index in [0.29, 0.717) is 30.1 Å². The summed E-state index contributed by atoms with van der Waals surface area (Å²) in [5.74, 6) is -0.268. The van der Waals surface area contributed by atoms with Crippen LogP contribution in [0.1, 0.15) is 42.4 Å². The van der Waals surface area contributed by atoms with E-state index in [1.165, 1.54) is 22.8 Å². The Hall–Kier alpha value is -2.93. The SMILES string of the molecule is O=C1CCC(Nc2ccc(N3CCC(Cc4cccc5c4CCNC5)CC3)c(F)c2)C(=O)N1. The summed E-state index contributed by atoms with van der Waals surface area (Å²) in [7, 11) is 0. The number of amides is 2. The fourth-order valence-corrected chi connectivity index (χ4v) is 5.38. The first-order valence-corrected chi connectivity index (χ1v) is 12.0. The molecule has 3 aliphatic rings. The van der Waals surface area contributed by atoms with E-state index in [1.54, 1.807) is 6.07 Å². The predicted octanol–water partition coefficient (Wildman–Crippen LogP) is 3.15. The van der Waals surface area contributed by atoms with Crippen LogP contribution in [-0.2, 0) is 29.0 Å². The third-order valence-electron chi connectivity index (χ3n) is 7.23. The van der Waals surface area contributed by atoms with Gasteiger partial charge in [-0.1, -0.05) is 18.2 Å². The number of hydrogen-bond donors (Lipinski definition) is 3. The summed E-state index contributed by atoms with van der Waals surface area (Å²) in [6.07, 6.45) is 5.03. The lowest BCUT2D eigenvalue weighted by molar-refractivity contribution is -0.133. The molecule has 1 unspecified atom stereocenters. The number of carbonyl (C=O) groups is 2. The second-order valence-corrected chi connectivity index (χ2v) is 9.43. The Morgan fingerprint density at radius 1 is 1.06 bits per heavy atom. The number of rotatable bonds is 5. The highest BCUT2D eigenvalue weighted by Gasteiger charge is 2.27. The van der Waals surface area contributed by atoms with Gasteiger partial charge in [0.1, 0.15) is 11.9 Å². The lowest BCUT2D eigenvalue weighted by atomic mass is 9.85. The fourth-order valence-electron chi connectivity index (χ4n) is 5.38. The van der Waals surface area contributed by atoms with E-state index in [-0.39, 0.29) is 17.6 Å². The van der Waals surface area contributed by atoms with Gasteiger partial charge < -0.3 is 15.5 Å². The summed E-state index contributed by atoms with van der Waals surface area (Å²) in [4.78, 5) is 25.4. The molecule has 0 bridgehead atoms. The Balaban J connectivity index is 1.18. The maximum Gasteiger partial charge on any atom is 0.249 e. The average Bonchev–Trinajstić information content (AvgIpc) is 2.82. The van der Waals surface area contributed by atoms with Crippen molar-refractivity contribution in [1.29, 1.82) is 0 Å². The van der Waals surface area contributed by atoms with Crippen LogP contribution < -0.4 is 20.9 Å². The van der Waals surface area contributed by atoms with E-state index < -0.39 is 6.04 Å². The van der Waals surface area contributed by atoms with Gasteiger partial charge in [0.15, 0.2) is 0 Å². The summed E-state index contributed by atoms with van der Waals surface area (Å²) < 4.78 is 14.9. The van der Waals surface area contributed by atoms with Crippen molar-refractivity contribution < 1.29 is 14.0 Å². The van der Waals surface area contributed by atoms with E-state index in [1.807, 2.05) is 6.07 Å². The number of nitrogens with zero attached hydrogens (tertiary/aromatic N) is 1. The molecule has 2 saturated heterocycles. The van der Waals surface area contributed by atoms with Crippen molar-refractivity contribution in [3.63, 3.8) is 0 Å². The van der Waals surface area contributed by atoms with Crippen molar-refractivity contribution >= 4 is 23.2 Å². The first kappa shape index (κ1) is 21.9. The van der Waals surface area contributed by atoms with E-state index >= 15 is 0 Å². The minimum Gasteiger partial charge on any atom is -0.374 e. The molecule has 3 heterocycles. The number of piperidine rings is 2. The number of fused-ring (bicyclic) bond motifs is 1. The third-order valence-corrected chi connectivity index (χ3v) is 7.23. The standard InChI is InChI=1S/C26H31FN4O2/c27-22-15-20(29-23-5-7-25(32)30-26(23)33)4-6-24(22)31-12-9-17(10-13-31)14-18-2-1-3-19-16-28-11-8-21(18)19/h1-4,6,15,17,23,28-29H,5,7-14,16H2,(H,30,32,33). The van der Waals surface area contributed by atoms with Gasteiger partial charge in [0.25, 0.3) is 0 Å². The Bertz CT molecular complexity index is 1050. The molecular formula is C26H31FN4O2. The van der Waals surface area contributed by atoms with Crippen LogP contribution in [0, 0.1) is 11.7 Å². The highest BCUT2D eigenvalue weighted by Crippen LogP contribution is 2.31. The number of benzene rings is 2. The monoisotopic (exact) mass is 450 g/mol. The van der Waals surface area contributed by atoms with Gasteiger partial charge >= 0.3 is 0 Å². The molecule has 5 rings (SSSR count). The number of anilines is 2. The van der Waals surface area contributed by atoms with Gasteiger partial charge in [-0.2, -0.15) is 0 Å². The van der Waals surface area contributed by atoms with Crippen LogP contribution in [0.5, 0.6) is 0 Å². The zero-order valence-electron chi connectivity index (χ0n) is 18.8. The van der Waals surface area contributed by atoms with Crippen LogP contribution in [0.25, 0.3) is 0 Å². The Morgan fingerprint density at radius 2 is 1.91 bits per heavy atom. The minimum atomic E-state index is -0.511. The molecule has 0 radical (unpaired) electrons. The molecule has 1 atom stereocenters. The largest absolute Gasteiger partial charge is 0.374 e. The van der Waals surface area contributed by atoms with E-state index in [4.69, 9.17) is 0 Å². The Labute approximate surface area is 193 Å². The van der Waals surface area contributed by atoms with Crippen LogP contribution in [0.2, 0.25) is 0 Å². The van der Waals surface area contributed by atoms with Crippen molar-refractivity contribution in [2.75, 3.05) is 29.9 Å². The first-order valence-electron chi connectivity index (χ1n) is 12.0. The lowest BCUT2D eigenvalue weighted by Gasteiger charge is -2.34. The summed E-state index contributed by atoms with van der Waals surface area (Å²) in [5, 5.41) is 8.83. The molecule has 2 amide bonds. The summed E-state index contributed by atoms with van der Waals surface area (Å²) in [5.41, 5.74) is 5.63. The highest BCUT2D eigenvalue weighted by atomic mass is 19.1. The number of hydrogen-bond acceptors (Lipinski definition) is 5. The van der Waals surface area contributed by atoms with E-state index in [2.05, 4.69) is 39.0 Å². The third kappa shape index (κ3) is 4.88. The molecule has 6 nitrogen and oxygen atoms in total. The lowest BCUT2D eigenvalue weighted by Crippen LogP contribution is -2.47. The topological polar surface area (TPSA) is 73.5 Å². The Morgan fingerprint density at radius 3 is 2.70 bits per heavy atom. The van der Waals surface area contributed by atoms with Gasteiger partial charge in [-0.05, 0) is 79.5 Å². The molecule has 2 aromatic rings. The van der Waals surface area contributed by atoms with Crippen molar-refractivity contribution in [2.24, 2.45) is 5.92 Å². The van der Waals surface area contributed by atoms with Gasteiger partial charge in [-0.3, -0.25) is 14.9 Å². The van der Waals surface area contributed by atoms with E-state index in [9.17, 15) is 14.0 Å². The van der Waals surface area contributed by atoms with Gasteiger partial charge in [-0.25, -0.2) is 4.39 Å². The summed E-state index contributed by atoms with van der Waals surface area (Å²) >= 11 is 0. The molecule has 0 aliphatic carbocycles. The molecule has 2 aromatic carbocycles. The Kier molecular flexibility index (Phi) is 6.31. The second-order valence-electron chi connectivity index (χ2n) is 9.43. The van der Waals surface area contributed by atoms with Crippen LogP contribution in [0.15, 0.2) is 36.4 Å². The summed E-state index contributed by atoms with van der Waals surface area (Å²) in [6, 6.07) is 11.2. The molecule has 3 N–H and O–H groups in total. The smallest absolute Gasteiger partial charge is 0.249 e. The maximum absolute atomic E-state index is 14.9. The van der Waals surface area contributed by atoms with Crippen LogP contribution in [0.3, 0.4) is 0 Å². The summed E-state index contributed by atoms with van der Waals surface area (Å²) in [6.45, 7) is 3.71. The van der Waals surface area contributed by atoms with Gasteiger partial charge in [0.05, 0.1) is 5.69 Å². The van der Waals surface area contributed by atoms with Crippen molar-refractivity contribution in [1.82, 2.24) is 10.6 Å². The molecule has 174 valence electrons. The second kappa shape index (κ2) is 9.51. The molecule has 2 fully saturated rings. The van der Waals surface area contributed by atoms with Crippen LogP contribution >= 0.6 is 0 Å². The molecule has 3 aliphatic heterocycles. The molecule has 0 spiro atoms. The number of carbonyl (C=O) groups excluding carboxylic acids is 2. The highest BCUT2D eigenvalue weighted by molar-refractivity contribution is 6.01. The fraction of sp³-hybridized carbons (Fsp3) is 0.462. The van der Waals surface area contributed by atoms with Crippen LogP contribution in [0.4, 0.5) is 15.8 Å². The zero-order chi connectivity index (χ0) is 22.8. The van der Waals surface area contributed by atoms with Crippen molar-refractivity contribution in [2.45, 2.75) is 51.1 Å². The van der Waals surface area contributed by atoms with Gasteiger partial charge in [0, 0.05) is 31.7 Å². The molecule has 0 aromatic heterocycles. The number of halogens is 1. The molecule has 0 saturated carbocycles. The predicted molar refractivity (Wildman–Crippen MR) is 127 cm³/mol. The van der Waals surface area contributed by atoms with Gasteiger partial charge in [0.2, 0.25) is 11.8 Å². The van der Waals surface area contributed by atoms with Crippen molar-refractivity contribution in [3.05, 3.63) is 58.9 Å². The zero-order valence-corrected chi connectivity index (χ0v) is 18.8. The molecular weight excluding hydrogens is 419 g/mol. The number of nitrogens with one attached hydrogen (secondary N) is 3. The molecule has 7 heteroatoms.